The topological polar surface area (TPSA) is 68.0 Å². The van der Waals surface area contributed by atoms with Crippen LogP contribution in [0.2, 0.25) is 0 Å². The van der Waals surface area contributed by atoms with Crippen molar-refractivity contribution in [3.8, 4) is 11.5 Å². The van der Waals surface area contributed by atoms with Gasteiger partial charge in [-0.25, -0.2) is 0 Å². The molecule has 24 heavy (non-hydrogen) atoms. The van der Waals surface area contributed by atoms with Crippen LogP contribution >= 0.6 is 11.3 Å². The van der Waals surface area contributed by atoms with E-state index < -0.39 is 0 Å². The van der Waals surface area contributed by atoms with Gasteiger partial charge in [-0.1, -0.05) is 29.8 Å². The monoisotopic (exact) mass is 341 g/mol. The van der Waals surface area contributed by atoms with E-state index in [1.807, 2.05) is 54.9 Å². The molecular formula is C18H19N3O2S. The fraction of sp³-hybridized carbons (Fsp3) is 0.278. The van der Waals surface area contributed by atoms with E-state index in [-0.39, 0.29) is 11.9 Å². The van der Waals surface area contributed by atoms with Gasteiger partial charge in [-0.15, -0.1) is 10.2 Å². The minimum atomic E-state index is -0.0293. The van der Waals surface area contributed by atoms with Crippen molar-refractivity contribution < 1.29 is 9.21 Å². The lowest BCUT2D eigenvalue weighted by Gasteiger charge is -2.14. The molecule has 0 aliphatic carbocycles. The summed E-state index contributed by atoms with van der Waals surface area (Å²) in [4.78, 5) is 12.1. The maximum atomic E-state index is 12.1. The molecule has 0 fully saturated rings. The highest BCUT2D eigenvalue weighted by Crippen LogP contribution is 2.21. The highest BCUT2D eigenvalue weighted by atomic mass is 32.1. The Labute approximate surface area is 144 Å². The molecule has 3 rings (SSSR count). The van der Waals surface area contributed by atoms with Gasteiger partial charge in [0.25, 0.3) is 0 Å². The van der Waals surface area contributed by atoms with Crippen LogP contribution in [0.1, 0.15) is 36.4 Å². The van der Waals surface area contributed by atoms with Crippen molar-refractivity contribution in [1.82, 2.24) is 15.5 Å². The van der Waals surface area contributed by atoms with Crippen LogP contribution in [0, 0.1) is 6.92 Å². The standard InChI is InChI=1S/C18H19N3O2S/c1-12-3-5-14(6-4-12)13(2)19-16(22)7-8-17-20-21-18(23-17)15-9-10-24-11-15/h3-6,9-11,13H,7-8H2,1-2H3,(H,19,22). The number of nitrogens with one attached hydrogen (secondary N) is 1. The molecule has 1 unspecified atom stereocenters. The molecule has 5 nitrogen and oxygen atoms in total. The van der Waals surface area contributed by atoms with Crippen molar-refractivity contribution in [1.29, 1.82) is 0 Å². The first-order valence-corrected chi connectivity index (χ1v) is 8.77. The van der Waals surface area contributed by atoms with Crippen molar-refractivity contribution in [2.75, 3.05) is 0 Å². The minimum Gasteiger partial charge on any atom is -0.421 e. The smallest absolute Gasteiger partial charge is 0.248 e. The second kappa shape index (κ2) is 7.40. The second-order valence-electron chi connectivity index (χ2n) is 5.71. The lowest BCUT2D eigenvalue weighted by Crippen LogP contribution is -2.26. The van der Waals surface area contributed by atoms with E-state index >= 15 is 0 Å². The van der Waals surface area contributed by atoms with Gasteiger partial charge in [-0.2, -0.15) is 11.3 Å². The number of benzene rings is 1. The fourth-order valence-corrected chi connectivity index (χ4v) is 2.96. The van der Waals surface area contributed by atoms with E-state index in [0.29, 0.717) is 24.6 Å². The quantitative estimate of drug-likeness (QED) is 0.738. The van der Waals surface area contributed by atoms with Crippen LogP contribution in [-0.4, -0.2) is 16.1 Å². The van der Waals surface area contributed by atoms with Gasteiger partial charge in [-0.05, 0) is 30.9 Å². The molecule has 0 radical (unpaired) electrons. The Balaban J connectivity index is 1.51. The van der Waals surface area contributed by atoms with Crippen LogP contribution < -0.4 is 5.32 Å². The highest BCUT2D eigenvalue weighted by molar-refractivity contribution is 7.08. The lowest BCUT2D eigenvalue weighted by atomic mass is 10.1. The number of carbonyl (C=O) groups is 1. The Kier molecular flexibility index (Phi) is 5.05. The third-order valence-electron chi connectivity index (χ3n) is 3.76. The molecule has 0 aliphatic heterocycles. The summed E-state index contributed by atoms with van der Waals surface area (Å²) < 4.78 is 5.59. The Morgan fingerprint density at radius 3 is 2.75 bits per heavy atom. The zero-order chi connectivity index (χ0) is 16.9. The largest absolute Gasteiger partial charge is 0.421 e. The van der Waals surface area contributed by atoms with Gasteiger partial charge < -0.3 is 9.73 Å². The van der Waals surface area contributed by atoms with E-state index in [1.165, 1.54) is 5.56 Å². The Morgan fingerprint density at radius 1 is 1.25 bits per heavy atom. The van der Waals surface area contributed by atoms with Gasteiger partial charge in [0.15, 0.2) is 0 Å². The lowest BCUT2D eigenvalue weighted by molar-refractivity contribution is -0.121. The van der Waals surface area contributed by atoms with Gasteiger partial charge >= 0.3 is 0 Å². The van der Waals surface area contributed by atoms with E-state index in [9.17, 15) is 4.79 Å². The average Bonchev–Trinajstić information content (AvgIpc) is 3.25. The molecule has 1 aromatic carbocycles. The molecule has 2 aromatic heterocycles. The molecule has 0 saturated heterocycles. The number of aromatic nitrogens is 2. The molecule has 124 valence electrons. The normalized spacial score (nSPS) is 12.1. The molecule has 1 atom stereocenters. The van der Waals surface area contributed by atoms with Crippen LogP contribution in [0.5, 0.6) is 0 Å². The van der Waals surface area contributed by atoms with E-state index in [0.717, 1.165) is 11.1 Å². The van der Waals surface area contributed by atoms with E-state index in [2.05, 4.69) is 15.5 Å². The van der Waals surface area contributed by atoms with Gasteiger partial charge in [-0.3, -0.25) is 4.79 Å². The predicted octanol–water partition coefficient (Wildman–Crippen LogP) is 3.92. The number of nitrogens with zero attached hydrogens (tertiary/aromatic N) is 2. The SMILES string of the molecule is Cc1ccc(C(C)NC(=O)CCc2nnc(-c3ccsc3)o2)cc1. The number of amides is 1. The molecule has 1 amide bonds. The van der Waals surface area contributed by atoms with Gasteiger partial charge in [0.1, 0.15) is 0 Å². The van der Waals surface area contributed by atoms with Crippen molar-refractivity contribution >= 4 is 17.2 Å². The van der Waals surface area contributed by atoms with Gasteiger partial charge in [0, 0.05) is 23.8 Å². The summed E-state index contributed by atoms with van der Waals surface area (Å²) in [6.45, 7) is 4.02. The Morgan fingerprint density at radius 2 is 2.04 bits per heavy atom. The number of rotatable bonds is 6. The summed E-state index contributed by atoms with van der Waals surface area (Å²) >= 11 is 1.58. The maximum absolute atomic E-state index is 12.1. The number of hydrogen-bond donors (Lipinski definition) is 1. The molecule has 6 heteroatoms. The van der Waals surface area contributed by atoms with Crippen LogP contribution in [0.15, 0.2) is 45.5 Å². The molecular weight excluding hydrogens is 322 g/mol. The van der Waals surface area contributed by atoms with Gasteiger partial charge in [0.2, 0.25) is 17.7 Å². The predicted molar refractivity (Wildman–Crippen MR) is 93.7 cm³/mol. The highest BCUT2D eigenvalue weighted by Gasteiger charge is 2.13. The van der Waals surface area contributed by atoms with Gasteiger partial charge in [0.05, 0.1) is 6.04 Å². The minimum absolute atomic E-state index is 0.0258. The van der Waals surface area contributed by atoms with Crippen LogP contribution in [0.25, 0.3) is 11.5 Å². The number of hydrogen-bond acceptors (Lipinski definition) is 5. The second-order valence-corrected chi connectivity index (χ2v) is 6.49. The summed E-state index contributed by atoms with van der Waals surface area (Å²) in [5.74, 6) is 0.951. The zero-order valence-electron chi connectivity index (χ0n) is 13.7. The number of thiophene rings is 1. The molecule has 3 aromatic rings. The third-order valence-corrected chi connectivity index (χ3v) is 4.44. The average molecular weight is 341 g/mol. The molecule has 0 spiro atoms. The molecule has 0 bridgehead atoms. The molecule has 0 saturated carbocycles. The van der Waals surface area contributed by atoms with Crippen molar-refractivity contribution in [3.63, 3.8) is 0 Å². The summed E-state index contributed by atoms with van der Waals surface area (Å²) in [6.07, 6.45) is 0.755. The summed E-state index contributed by atoms with van der Waals surface area (Å²) in [7, 11) is 0. The maximum Gasteiger partial charge on any atom is 0.248 e. The fourth-order valence-electron chi connectivity index (χ4n) is 2.33. The number of aryl methyl sites for hydroxylation is 2. The summed E-state index contributed by atoms with van der Waals surface area (Å²) in [6, 6.07) is 10.1. The zero-order valence-corrected chi connectivity index (χ0v) is 14.5. The Hall–Kier alpha value is -2.47. The van der Waals surface area contributed by atoms with Crippen LogP contribution in [0.4, 0.5) is 0 Å². The molecule has 0 aliphatic rings. The first-order valence-electron chi connectivity index (χ1n) is 7.82. The van der Waals surface area contributed by atoms with Crippen molar-refractivity contribution in [3.05, 3.63) is 58.1 Å². The van der Waals surface area contributed by atoms with Crippen LogP contribution in [-0.2, 0) is 11.2 Å². The van der Waals surface area contributed by atoms with Crippen molar-refractivity contribution in [2.45, 2.75) is 32.7 Å². The van der Waals surface area contributed by atoms with E-state index in [4.69, 9.17) is 4.42 Å². The van der Waals surface area contributed by atoms with Crippen molar-refractivity contribution in [2.24, 2.45) is 0 Å². The first kappa shape index (κ1) is 16.4. The van der Waals surface area contributed by atoms with E-state index in [1.54, 1.807) is 11.3 Å². The summed E-state index contributed by atoms with van der Waals surface area (Å²) in [5.41, 5.74) is 3.21. The third kappa shape index (κ3) is 4.08. The Bertz CT molecular complexity index is 794. The number of carbonyl (C=O) groups excluding carboxylic acids is 1. The first-order chi connectivity index (χ1) is 11.6. The summed E-state index contributed by atoms with van der Waals surface area (Å²) in [5, 5.41) is 14.9. The van der Waals surface area contributed by atoms with Crippen LogP contribution in [0.3, 0.4) is 0 Å². The molecule has 2 heterocycles. The molecule has 1 N–H and O–H groups in total.